The highest BCUT2D eigenvalue weighted by Gasteiger charge is 2.27. The predicted molar refractivity (Wildman–Crippen MR) is 81.7 cm³/mol. The molecule has 1 heterocycles. The first-order chi connectivity index (χ1) is 9.31. The summed E-state index contributed by atoms with van der Waals surface area (Å²) in [5.74, 6) is 0. The zero-order valence-electron chi connectivity index (χ0n) is 11.2. The molecule has 0 bridgehead atoms. The van der Waals surface area contributed by atoms with Gasteiger partial charge in [0.05, 0.1) is 5.54 Å². The standard InChI is InChI=1S/C14H15BrN2O2S/c1-14(2,11-5-7-12(15)8-6-11)17-20(18,19)13-4-3-9-16-10-13/h3-10,17H,1-2H3. The minimum absolute atomic E-state index is 0.158. The van der Waals surface area contributed by atoms with Gasteiger partial charge in [-0.15, -0.1) is 0 Å². The van der Waals surface area contributed by atoms with E-state index in [1.807, 2.05) is 38.1 Å². The zero-order valence-corrected chi connectivity index (χ0v) is 13.6. The topological polar surface area (TPSA) is 59.1 Å². The molecule has 6 heteroatoms. The van der Waals surface area contributed by atoms with Gasteiger partial charge < -0.3 is 0 Å². The van der Waals surface area contributed by atoms with Crippen molar-refractivity contribution in [3.63, 3.8) is 0 Å². The molecule has 1 aromatic carbocycles. The molecule has 0 atom stereocenters. The fourth-order valence-electron chi connectivity index (χ4n) is 1.83. The van der Waals surface area contributed by atoms with Crippen LogP contribution in [0.25, 0.3) is 0 Å². The monoisotopic (exact) mass is 354 g/mol. The molecule has 1 aromatic heterocycles. The molecule has 0 radical (unpaired) electrons. The fraction of sp³-hybridized carbons (Fsp3) is 0.214. The Bertz CT molecular complexity index is 683. The van der Waals surface area contributed by atoms with Crippen molar-refractivity contribution in [2.45, 2.75) is 24.3 Å². The lowest BCUT2D eigenvalue weighted by molar-refractivity contribution is 0.472. The van der Waals surface area contributed by atoms with Crippen LogP contribution < -0.4 is 4.72 Å². The molecule has 4 nitrogen and oxygen atoms in total. The zero-order chi connectivity index (χ0) is 14.8. The van der Waals surface area contributed by atoms with E-state index in [0.717, 1.165) is 10.0 Å². The van der Waals surface area contributed by atoms with Crippen molar-refractivity contribution in [1.82, 2.24) is 9.71 Å². The summed E-state index contributed by atoms with van der Waals surface area (Å²) in [6, 6.07) is 10.7. The largest absolute Gasteiger partial charge is 0.263 e. The molecule has 106 valence electrons. The van der Waals surface area contributed by atoms with Crippen molar-refractivity contribution in [2.75, 3.05) is 0 Å². The first kappa shape index (κ1) is 15.2. The van der Waals surface area contributed by atoms with Gasteiger partial charge in [0.15, 0.2) is 0 Å². The molecule has 0 fully saturated rings. The van der Waals surface area contributed by atoms with Crippen molar-refractivity contribution < 1.29 is 8.42 Å². The van der Waals surface area contributed by atoms with E-state index in [-0.39, 0.29) is 4.90 Å². The predicted octanol–water partition coefficient (Wildman–Crippen LogP) is 3.06. The summed E-state index contributed by atoms with van der Waals surface area (Å²) in [4.78, 5) is 4.00. The van der Waals surface area contributed by atoms with Crippen LogP contribution in [0.15, 0.2) is 58.2 Å². The molecule has 0 saturated heterocycles. The quantitative estimate of drug-likeness (QED) is 0.917. The van der Waals surface area contributed by atoms with Gasteiger partial charge in [0.25, 0.3) is 0 Å². The van der Waals surface area contributed by atoms with Crippen LogP contribution in [-0.4, -0.2) is 13.4 Å². The molecule has 0 aliphatic rings. The van der Waals surface area contributed by atoms with Crippen LogP contribution in [0.1, 0.15) is 19.4 Å². The number of sulfonamides is 1. The van der Waals surface area contributed by atoms with E-state index in [1.54, 1.807) is 12.3 Å². The van der Waals surface area contributed by atoms with Crippen LogP contribution in [0.3, 0.4) is 0 Å². The van der Waals surface area contributed by atoms with Crippen molar-refractivity contribution in [3.8, 4) is 0 Å². The van der Waals surface area contributed by atoms with Gasteiger partial charge in [0.2, 0.25) is 10.0 Å². The Morgan fingerprint density at radius 2 is 1.80 bits per heavy atom. The summed E-state index contributed by atoms with van der Waals surface area (Å²) in [6.45, 7) is 3.65. The lowest BCUT2D eigenvalue weighted by atomic mass is 9.96. The Hall–Kier alpha value is -1.24. The van der Waals surface area contributed by atoms with Crippen LogP contribution in [0.4, 0.5) is 0 Å². The Kier molecular flexibility index (Phi) is 4.27. The SMILES string of the molecule is CC(C)(NS(=O)(=O)c1cccnc1)c1ccc(Br)cc1. The van der Waals surface area contributed by atoms with Crippen molar-refractivity contribution in [2.24, 2.45) is 0 Å². The number of hydrogen-bond acceptors (Lipinski definition) is 3. The second kappa shape index (κ2) is 5.63. The number of nitrogens with zero attached hydrogens (tertiary/aromatic N) is 1. The molecule has 0 spiro atoms. The third-order valence-corrected chi connectivity index (χ3v) is 5.07. The molecule has 0 saturated carbocycles. The number of halogens is 1. The second-order valence-electron chi connectivity index (χ2n) is 4.93. The van der Waals surface area contributed by atoms with E-state index in [1.165, 1.54) is 12.3 Å². The van der Waals surface area contributed by atoms with Crippen molar-refractivity contribution in [3.05, 3.63) is 58.8 Å². The molecular weight excluding hydrogens is 340 g/mol. The molecule has 2 rings (SSSR count). The van der Waals surface area contributed by atoms with E-state index in [4.69, 9.17) is 0 Å². The number of rotatable bonds is 4. The van der Waals surface area contributed by atoms with Gasteiger partial charge in [0, 0.05) is 16.9 Å². The molecule has 0 aliphatic carbocycles. The maximum absolute atomic E-state index is 12.3. The maximum atomic E-state index is 12.3. The van der Waals surface area contributed by atoms with Crippen LogP contribution in [0, 0.1) is 0 Å². The smallest absolute Gasteiger partial charge is 0.242 e. The molecule has 2 aromatic rings. The first-order valence-corrected chi connectivity index (χ1v) is 8.29. The third-order valence-electron chi connectivity index (χ3n) is 2.90. The normalized spacial score (nSPS) is 12.3. The second-order valence-corrected chi connectivity index (χ2v) is 7.52. The highest BCUT2D eigenvalue weighted by atomic mass is 79.9. The summed E-state index contributed by atoms with van der Waals surface area (Å²) in [6.07, 6.45) is 2.87. The van der Waals surface area contributed by atoms with Gasteiger partial charge in [-0.1, -0.05) is 28.1 Å². The molecule has 0 amide bonds. The average Bonchev–Trinajstić information content (AvgIpc) is 2.39. The Morgan fingerprint density at radius 1 is 1.15 bits per heavy atom. The number of hydrogen-bond donors (Lipinski definition) is 1. The lowest BCUT2D eigenvalue weighted by Crippen LogP contribution is -2.40. The van der Waals surface area contributed by atoms with Gasteiger partial charge in [0.1, 0.15) is 4.90 Å². The van der Waals surface area contributed by atoms with Crippen LogP contribution >= 0.6 is 15.9 Å². The van der Waals surface area contributed by atoms with Crippen LogP contribution in [0.2, 0.25) is 0 Å². The minimum atomic E-state index is -3.60. The highest BCUT2D eigenvalue weighted by molar-refractivity contribution is 9.10. The van der Waals surface area contributed by atoms with Crippen LogP contribution in [-0.2, 0) is 15.6 Å². The number of aromatic nitrogens is 1. The van der Waals surface area contributed by atoms with E-state index in [2.05, 4.69) is 25.6 Å². The van der Waals surface area contributed by atoms with Gasteiger partial charge in [-0.3, -0.25) is 4.98 Å². The Morgan fingerprint density at radius 3 is 2.35 bits per heavy atom. The highest BCUT2D eigenvalue weighted by Crippen LogP contribution is 2.24. The summed E-state index contributed by atoms with van der Waals surface area (Å²) in [5.41, 5.74) is 0.170. The van der Waals surface area contributed by atoms with E-state index < -0.39 is 15.6 Å². The molecular formula is C14H15BrN2O2S. The molecule has 20 heavy (non-hydrogen) atoms. The number of pyridine rings is 1. The lowest BCUT2D eigenvalue weighted by Gasteiger charge is -2.26. The summed E-state index contributed by atoms with van der Waals surface area (Å²) < 4.78 is 28.3. The van der Waals surface area contributed by atoms with Crippen molar-refractivity contribution in [1.29, 1.82) is 0 Å². The number of benzene rings is 1. The van der Waals surface area contributed by atoms with Gasteiger partial charge in [-0.2, -0.15) is 0 Å². The Labute approximate surface area is 127 Å². The summed E-state index contributed by atoms with van der Waals surface area (Å²) >= 11 is 3.36. The van der Waals surface area contributed by atoms with Gasteiger partial charge >= 0.3 is 0 Å². The van der Waals surface area contributed by atoms with E-state index >= 15 is 0 Å². The minimum Gasteiger partial charge on any atom is -0.263 e. The maximum Gasteiger partial charge on any atom is 0.242 e. The average molecular weight is 355 g/mol. The molecule has 0 unspecified atom stereocenters. The number of nitrogens with one attached hydrogen (secondary N) is 1. The van der Waals surface area contributed by atoms with E-state index in [0.29, 0.717) is 0 Å². The first-order valence-electron chi connectivity index (χ1n) is 6.01. The summed E-state index contributed by atoms with van der Waals surface area (Å²) in [5, 5.41) is 0. The third kappa shape index (κ3) is 3.45. The fourth-order valence-corrected chi connectivity index (χ4v) is 3.46. The molecule has 1 N–H and O–H groups in total. The van der Waals surface area contributed by atoms with Crippen molar-refractivity contribution >= 4 is 26.0 Å². The Balaban J connectivity index is 2.30. The van der Waals surface area contributed by atoms with Gasteiger partial charge in [-0.05, 0) is 43.7 Å². The molecule has 0 aliphatic heterocycles. The van der Waals surface area contributed by atoms with Gasteiger partial charge in [-0.25, -0.2) is 13.1 Å². The van der Waals surface area contributed by atoms with E-state index in [9.17, 15) is 8.42 Å². The summed E-state index contributed by atoms with van der Waals surface area (Å²) in [7, 11) is -3.60. The van der Waals surface area contributed by atoms with Crippen LogP contribution in [0.5, 0.6) is 0 Å².